The number of carbonyl (C=O) groups is 5. The maximum atomic E-state index is 14.0. The first-order valence-electron chi connectivity index (χ1n) is 18.9. The van der Waals surface area contributed by atoms with Gasteiger partial charge in [0.15, 0.2) is 0 Å². The molecule has 0 aromatic heterocycles. The molecule has 4 aromatic rings. The van der Waals surface area contributed by atoms with Crippen LogP contribution in [0.4, 0.5) is 0 Å². The Labute approximate surface area is 338 Å². The summed E-state index contributed by atoms with van der Waals surface area (Å²) in [5.41, 5.74) is 6.90. The van der Waals surface area contributed by atoms with E-state index in [1.165, 1.54) is 21.0 Å². The molecule has 1 aliphatic heterocycles. The molecule has 4 bridgehead atoms. The summed E-state index contributed by atoms with van der Waals surface area (Å²) in [4.78, 5) is 66.7. The van der Waals surface area contributed by atoms with E-state index >= 15 is 0 Å². The number of amides is 4. The number of rotatable bonds is 8. The summed E-state index contributed by atoms with van der Waals surface area (Å²) in [5.74, 6) is -1.76. The minimum absolute atomic E-state index is 0. The predicted octanol–water partition coefficient (Wildman–Crippen LogP) is 0.290. The molecule has 0 fully saturated rings. The minimum Gasteiger partial charge on any atom is -1.00 e. The fraction of sp³-hybridized carbons (Fsp3) is 0.372. The van der Waals surface area contributed by atoms with Crippen molar-refractivity contribution < 1.29 is 56.3 Å². The van der Waals surface area contributed by atoms with Crippen LogP contribution in [0.15, 0.2) is 72.8 Å². The number of methoxy groups -OCH3 is 3. The number of halogens is 1. The maximum Gasteiger partial charge on any atom is 0.328 e. The van der Waals surface area contributed by atoms with Gasteiger partial charge in [-0.3, -0.25) is 19.2 Å². The average Bonchev–Trinajstić information content (AvgIpc) is 3.19. The van der Waals surface area contributed by atoms with Gasteiger partial charge in [-0.15, -0.1) is 0 Å². The van der Waals surface area contributed by atoms with Crippen molar-refractivity contribution in [1.82, 2.24) is 21.3 Å². The van der Waals surface area contributed by atoms with Crippen molar-refractivity contribution in [1.29, 1.82) is 0 Å². The van der Waals surface area contributed by atoms with Crippen molar-refractivity contribution in [2.24, 2.45) is 0 Å². The Hall–Kier alpha value is -5.66. The largest absolute Gasteiger partial charge is 1.00 e. The first kappa shape index (κ1) is 44.1. The molecule has 57 heavy (non-hydrogen) atoms. The molecule has 0 aliphatic carbocycles. The van der Waals surface area contributed by atoms with Gasteiger partial charge in [-0.1, -0.05) is 60.7 Å². The Morgan fingerprint density at radius 3 is 1.96 bits per heavy atom. The van der Waals surface area contributed by atoms with Gasteiger partial charge in [0.1, 0.15) is 35.7 Å². The number of hydrogen-bond donors (Lipinski definition) is 5. The molecule has 14 heteroatoms. The summed E-state index contributed by atoms with van der Waals surface area (Å²) in [6.07, 6.45) is 5.86. The lowest BCUT2D eigenvalue weighted by Gasteiger charge is -2.25. The molecule has 13 nitrogen and oxygen atoms in total. The highest BCUT2D eigenvalue weighted by Gasteiger charge is 2.31. The number of ether oxygens (including phenoxy) is 3. The van der Waals surface area contributed by atoms with Crippen LogP contribution in [-0.2, 0) is 41.6 Å². The molecule has 0 saturated carbocycles. The zero-order valence-corrected chi connectivity index (χ0v) is 33.8. The third-order valence-corrected chi connectivity index (χ3v) is 9.99. The Bertz CT molecular complexity index is 2140. The number of unbranched alkanes of at least 4 members (excludes halogenated alkanes) is 1. The number of fused-ring (bicyclic) bond motifs is 9. The summed E-state index contributed by atoms with van der Waals surface area (Å²) >= 11 is 0. The molecule has 4 aromatic carbocycles. The normalized spacial score (nSPS) is 19.2. The highest BCUT2D eigenvalue weighted by Crippen LogP contribution is 2.48. The molecule has 7 N–H and O–H groups in total. The standard InChI is InChI=1S/C43H51N5O8.ClH/c1-25-40(50)47-33(19-12-13-21-44)41(51)48-34(43(53)56-5)20-11-8-16-29-22-27-14-6-9-17-31(27)36(38(29)54-3)37-32-18-10-7-15-28(32)23-30(39(37)55-4)24-35(42(52)45-25)46-26(2)49;/h6-11,14-15,17-18,22-23,25,33-35H,12-13,16,19-21,24,44H2,1-5H3,(H,45,52)(H,46,49)(H,47,50)(H,48,51);1H/t25-,33-,34?,35?;/m0./s1. The summed E-state index contributed by atoms with van der Waals surface area (Å²) < 4.78 is 17.5. The zero-order valence-electron chi connectivity index (χ0n) is 33.0. The molecular weight excluding hydrogens is 750 g/mol. The van der Waals surface area contributed by atoms with E-state index in [1.54, 1.807) is 14.2 Å². The summed E-state index contributed by atoms with van der Waals surface area (Å²) in [6, 6.07) is 15.6. The molecule has 4 atom stereocenters. The Balaban J connectivity index is 0.00000720. The number of esters is 1. The van der Waals surface area contributed by atoms with Crippen molar-refractivity contribution in [2.45, 2.75) is 76.5 Å². The molecule has 304 valence electrons. The molecule has 0 spiro atoms. The second kappa shape index (κ2) is 20.5. The van der Waals surface area contributed by atoms with Crippen LogP contribution in [0.5, 0.6) is 11.5 Å². The van der Waals surface area contributed by atoms with Gasteiger partial charge in [0.2, 0.25) is 23.6 Å². The summed E-state index contributed by atoms with van der Waals surface area (Å²) in [5, 5.41) is 14.6. The predicted molar refractivity (Wildman–Crippen MR) is 214 cm³/mol. The first-order chi connectivity index (χ1) is 27.0. The van der Waals surface area contributed by atoms with E-state index in [9.17, 15) is 24.0 Å². The molecule has 1 heterocycles. The lowest BCUT2D eigenvalue weighted by molar-refractivity contribution is -0.368. The monoisotopic (exact) mass is 801 g/mol. The fourth-order valence-electron chi connectivity index (χ4n) is 7.26. The maximum absolute atomic E-state index is 14.0. The zero-order chi connectivity index (χ0) is 40.4. The first-order valence-corrected chi connectivity index (χ1v) is 18.9. The summed E-state index contributed by atoms with van der Waals surface area (Å²) in [7, 11) is 4.43. The highest BCUT2D eigenvalue weighted by atomic mass is 35.5. The molecule has 5 rings (SSSR count). The van der Waals surface area contributed by atoms with Crippen molar-refractivity contribution in [2.75, 3.05) is 27.9 Å². The fourth-order valence-corrected chi connectivity index (χ4v) is 7.26. The SMILES string of the molecule is COC(=O)C1CC=CCc2cc3ccccc3c(c2OC)-c2c(OC)c(cc3ccccc23)CC(NC(C)=O)C(=O)N[C@@H](C)C(=O)N[C@@H](CCCC[NH3+])C(=O)N1.[Cl-]. The van der Waals surface area contributed by atoms with Crippen molar-refractivity contribution >= 4 is 51.1 Å². The van der Waals surface area contributed by atoms with E-state index in [1.807, 2.05) is 66.7 Å². The van der Waals surface area contributed by atoms with Gasteiger partial charge in [0.25, 0.3) is 0 Å². The third kappa shape index (κ3) is 10.4. The Morgan fingerprint density at radius 1 is 0.789 bits per heavy atom. The molecule has 4 amide bonds. The van der Waals surface area contributed by atoms with Crippen LogP contribution < -0.4 is 48.9 Å². The van der Waals surface area contributed by atoms with Gasteiger partial charge in [0.05, 0.1) is 27.9 Å². The minimum atomic E-state index is -1.10. The van der Waals surface area contributed by atoms with E-state index in [-0.39, 0.29) is 31.7 Å². The van der Waals surface area contributed by atoms with Gasteiger partial charge in [-0.25, -0.2) is 4.79 Å². The van der Waals surface area contributed by atoms with Crippen LogP contribution in [0, 0.1) is 0 Å². The number of benzene rings is 4. The Morgan fingerprint density at radius 2 is 1.39 bits per heavy atom. The van der Waals surface area contributed by atoms with Crippen LogP contribution in [0.3, 0.4) is 0 Å². The van der Waals surface area contributed by atoms with Gasteiger partial charge in [-0.2, -0.15) is 0 Å². The second-order valence-electron chi connectivity index (χ2n) is 13.9. The van der Waals surface area contributed by atoms with Crippen LogP contribution in [0.1, 0.15) is 50.7 Å². The second-order valence-corrected chi connectivity index (χ2v) is 13.9. The smallest absolute Gasteiger partial charge is 0.328 e. The molecule has 0 radical (unpaired) electrons. The van der Waals surface area contributed by atoms with Crippen LogP contribution in [-0.4, -0.2) is 81.6 Å². The molecular formula is C43H52ClN5O8. The van der Waals surface area contributed by atoms with Gasteiger partial charge < -0.3 is 53.6 Å². The van der Waals surface area contributed by atoms with Gasteiger partial charge in [-0.05, 0) is 83.8 Å². The molecule has 0 saturated heterocycles. The Kier molecular flexibility index (Phi) is 15.8. The van der Waals surface area contributed by atoms with Crippen LogP contribution >= 0.6 is 0 Å². The van der Waals surface area contributed by atoms with Crippen LogP contribution in [0.25, 0.3) is 32.7 Å². The molecule has 1 aliphatic rings. The quantitative estimate of drug-likeness (QED) is 0.0956. The van der Waals surface area contributed by atoms with Gasteiger partial charge >= 0.3 is 5.97 Å². The average molecular weight is 802 g/mol. The van der Waals surface area contributed by atoms with Gasteiger partial charge in [0, 0.05) is 24.5 Å². The van der Waals surface area contributed by atoms with E-state index in [2.05, 4.69) is 33.1 Å². The summed E-state index contributed by atoms with van der Waals surface area (Å²) in [6.45, 7) is 3.46. The van der Waals surface area contributed by atoms with E-state index in [0.29, 0.717) is 42.9 Å². The number of quaternary nitrogens is 1. The van der Waals surface area contributed by atoms with Crippen LogP contribution in [0.2, 0.25) is 0 Å². The number of carbonyl (C=O) groups excluding carboxylic acids is 5. The van der Waals surface area contributed by atoms with E-state index in [0.717, 1.165) is 38.2 Å². The topological polar surface area (TPSA) is 189 Å². The molecule has 2 unspecified atom stereocenters. The van der Waals surface area contributed by atoms with Crippen molar-refractivity contribution in [3.05, 3.63) is 83.9 Å². The highest BCUT2D eigenvalue weighted by molar-refractivity contribution is 6.11. The lowest BCUT2D eigenvalue weighted by Crippen LogP contribution is -3.00. The number of allylic oxidation sites excluding steroid dienone is 1. The lowest BCUT2D eigenvalue weighted by atomic mass is 9.87. The number of nitrogens with one attached hydrogen (secondary N) is 4. The van der Waals surface area contributed by atoms with Crippen molar-refractivity contribution in [3.63, 3.8) is 0 Å². The third-order valence-electron chi connectivity index (χ3n) is 9.99. The number of hydrogen-bond acceptors (Lipinski definition) is 8. The van der Waals surface area contributed by atoms with E-state index < -0.39 is 53.8 Å². The van der Waals surface area contributed by atoms with Crippen molar-refractivity contribution in [3.8, 4) is 22.6 Å². The van der Waals surface area contributed by atoms with E-state index in [4.69, 9.17) is 14.2 Å².